The van der Waals surface area contributed by atoms with Crippen molar-refractivity contribution in [2.45, 2.75) is 20.8 Å². The van der Waals surface area contributed by atoms with Crippen LogP contribution in [0.5, 0.6) is 0 Å². The standard InChI is InChI=1S/C14H20IN3O/c1-14(2,3)10-17-6-7-18(13(19)9-17)11-4-5-12(15)16-8-11/h4-5,8H,6-7,9-10H2,1-3H3. The molecule has 104 valence electrons. The largest absolute Gasteiger partial charge is 0.308 e. The Morgan fingerprint density at radius 2 is 2.05 bits per heavy atom. The molecule has 0 saturated carbocycles. The minimum Gasteiger partial charge on any atom is -0.308 e. The average molecular weight is 373 g/mol. The molecule has 5 heteroatoms. The first-order valence-electron chi connectivity index (χ1n) is 6.49. The van der Waals surface area contributed by atoms with E-state index in [-0.39, 0.29) is 11.3 Å². The number of carbonyl (C=O) groups excluding carboxylic acids is 1. The first-order chi connectivity index (χ1) is 8.85. The van der Waals surface area contributed by atoms with Crippen LogP contribution in [-0.4, -0.2) is 42.0 Å². The predicted molar refractivity (Wildman–Crippen MR) is 85.2 cm³/mol. The molecule has 19 heavy (non-hydrogen) atoms. The Morgan fingerprint density at radius 3 is 2.58 bits per heavy atom. The molecule has 1 aliphatic rings. The molecule has 0 bridgehead atoms. The van der Waals surface area contributed by atoms with E-state index in [0.717, 1.165) is 29.0 Å². The van der Waals surface area contributed by atoms with Crippen molar-refractivity contribution in [1.29, 1.82) is 0 Å². The van der Waals surface area contributed by atoms with Crippen molar-refractivity contribution in [1.82, 2.24) is 9.88 Å². The molecule has 1 amide bonds. The van der Waals surface area contributed by atoms with Gasteiger partial charge in [-0.15, -0.1) is 0 Å². The molecule has 0 N–H and O–H groups in total. The summed E-state index contributed by atoms with van der Waals surface area (Å²) in [6, 6.07) is 3.90. The van der Waals surface area contributed by atoms with Gasteiger partial charge in [-0.25, -0.2) is 4.98 Å². The predicted octanol–water partition coefficient (Wildman–Crippen LogP) is 2.38. The molecule has 0 aromatic carbocycles. The van der Waals surface area contributed by atoms with Crippen LogP contribution in [0.3, 0.4) is 0 Å². The maximum Gasteiger partial charge on any atom is 0.241 e. The van der Waals surface area contributed by atoms with E-state index in [0.29, 0.717) is 6.54 Å². The Labute approximate surface area is 128 Å². The van der Waals surface area contributed by atoms with Crippen LogP contribution in [0, 0.1) is 9.12 Å². The van der Waals surface area contributed by atoms with E-state index in [1.807, 2.05) is 17.0 Å². The van der Waals surface area contributed by atoms with Crippen LogP contribution in [0.25, 0.3) is 0 Å². The van der Waals surface area contributed by atoms with Gasteiger partial charge in [-0.1, -0.05) is 20.8 Å². The van der Waals surface area contributed by atoms with Gasteiger partial charge < -0.3 is 4.90 Å². The maximum atomic E-state index is 12.2. The Hall–Kier alpha value is -0.690. The van der Waals surface area contributed by atoms with E-state index in [9.17, 15) is 4.79 Å². The van der Waals surface area contributed by atoms with Crippen LogP contribution in [0.4, 0.5) is 5.69 Å². The van der Waals surface area contributed by atoms with Crippen LogP contribution in [0.1, 0.15) is 20.8 Å². The number of pyridine rings is 1. The lowest BCUT2D eigenvalue weighted by atomic mass is 9.96. The molecule has 1 aromatic rings. The summed E-state index contributed by atoms with van der Waals surface area (Å²) in [6.07, 6.45) is 1.78. The van der Waals surface area contributed by atoms with Gasteiger partial charge in [0.2, 0.25) is 5.91 Å². The van der Waals surface area contributed by atoms with E-state index in [1.165, 1.54) is 0 Å². The Kier molecular flexibility index (Phi) is 4.45. The van der Waals surface area contributed by atoms with Crippen molar-refractivity contribution >= 4 is 34.2 Å². The summed E-state index contributed by atoms with van der Waals surface area (Å²) < 4.78 is 0.945. The lowest BCUT2D eigenvalue weighted by Gasteiger charge is -2.37. The van der Waals surface area contributed by atoms with Gasteiger partial charge >= 0.3 is 0 Å². The fourth-order valence-corrected chi connectivity index (χ4v) is 2.65. The van der Waals surface area contributed by atoms with E-state index in [1.54, 1.807) is 6.20 Å². The van der Waals surface area contributed by atoms with Crippen molar-refractivity contribution < 1.29 is 4.79 Å². The van der Waals surface area contributed by atoms with Gasteiger partial charge in [0.25, 0.3) is 0 Å². The summed E-state index contributed by atoms with van der Waals surface area (Å²) in [4.78, 5) is 20.5. The Balaban J connectivity index is 2.01. The van der Waals surface area contributed by atoms with Crippen LogP contribution in [-0.2, 0) is 4.79 Å². The lowest BCUT2D eigenvalue weighted by molar-refractivity contribution is -0.121. The smallest absolute Gasteiger partial charge is 0.241 e. The summed E-state index contributed by atoms with van der Waals surface area (Å²) in [5.41, 5.74) is 1.13. The summed E-state index contributed by atoms with van der Waals surface area (Å²) in [7, 11) is 0. The van der Waals surface area contributed by atoms with E-state index in [4.69, 9.17) is 0 Å². The van der Waals surface area contributed by atoms with Gasteiger partial charge in [0.15, 0.2) is 0 Å². The summed E-state index contributed by atoms with van der Waals surface area (Å²) in [5, 5.41) is 0. The number of hydrogen-bond acceptors (Lipinski definition) is 3. The van der Waals surface area contributed by atoms with Crippen molar-refractivity contribution in [2.75, 3.05) is 31.1 Å². The van der Waals surface area contributed by atoms with E-state index >= 15 is 0 Å². The lowest BCUT2D eigenvalue weighted by Crippen LogP contribution is -2.52. The average Bonchev–Trinajstić information content (AvgIpc) is 2.29. The highest BCUT2D eigenvalue weighted by Crippen LogP contribution is 2.20. The third-order valence-corrected chi connectivity index (χ3v) is 3.66. The van der Waals surface area contributed by atoms with Gasteiger partial charge in [0.05, 0.1) is 18.4 Å². The molecule has 4 nitrogen and oxygen atoms in total. The molecule has 1 saturated heterocycles. The first-order valence-corrected chi connectivity index (χ1v) is 7.57. The molecule has 1 fully saturated rings. The highest BCUT2D eigenvalue weighted by atomic mass is 127. The second kappa shape index (κ2) is 5.75. The third-order valence-electron chi connectivity index (χ3n) is 3.02. The Bertz CT molecular complexity index is 453. The minimum absolute atomic E-state index is 0.165. The van der Waals surface area contributed by atoms with Gasteiger partial charge in [-0.2, -0.15) is 0 Å². The molecule has 0 atom stereocenters. The minimum atomic E-state index is 0.165. The Morgan fingerprint density at radius 1 is 1.32 bits per heavy atom. The zero-order chi connectivity index (χ0) is 14.0. The van der Waals surface area contributed by atoms with E-state index in [2.05, 4.69) is 53.2 Å². The number of anilines is 1. The van der Waals surface area contributed by atoms with Crippen LogP contribution >= 0.6 is 22.6 Å². The number of rotatable bonds is 2. The molecule has 0 aliphatic carbocycles. The maximum absolute atomic E-state index is 12.2. The second-order valence-electron chi connectivity index (χ2n) is 6.16. The number of piperazine rings is 1. The second-order valence-corrected chi connectivity index (χ2v) is 7.26. The monoisotopic (exact) mass is 373 g/mol. The van der Waals surface area contributed by atoms with Gasteiger partial charge in [0, 0.05) is 19.6 Å². The van der Waals surface area contributed by atoms with Crippen molar-refractivity contribution in [3.8, 4) is 0 Å². The summed E-state index contributed by atoms with van der Waals surface area (Å²) in [5.74, 6) is 0.165. The molecule has 2 rings (SSSR count). The fourth-order valence-electron chi connectivity index (χ4n) is 2.33. The molecule has 2 heterocycles. The number of amides is 1. The van der Waals surface area contributed by atoms with Crippen LogP contribution in [0.15, 0.2) is 18.3 Å². The number of nitrogens with zero attached hydrogens (tertiary/aromatic N) is 3. The summed E-state index contributed by atoms with van der Waals surface area (Å²) >= 11 is 2.17. The number of halogens is 1. The van der Waals surface area contributed by atoms with Crippen LogP contribution in [0.2, 0.25) is 0 Å². The van der Waals surface area contributed by atoms with Crippen molar-refractivity contribution in [2.24, 2.45) is 5.41 Å². The quantitative estimate of drug-likeness (QED) is 0.590. The molecule has 0 spiro atoms. The highest BCUT2D eigenvalue weighted by Gasteiger charge is 2.27. The SMILES string of the molecule is CC(C)(C)CN1CCN(c2ccc(I)nc2)C(=O)C1. The normalized spacial score (nSPS) is 17.9. The van der Waals surface area contributed by atoms with Crippen molar-refractivity contribution in [3.63, 3.8) is 0 Å². The number of carbonyl (C=O) groups is 1. The van der Waals surface area contributed by atoms with Crippen molar-refractivity contribution in [3.05, 3.63) is 22.0 Å². The fraction of sp³-hybridized carbons (Fsp3) is 0.571. The third kappa shape index (κ3) is 4.14. The summed E-state index contributed by atoms with van der Waals surface area (Å²) in [6.45, 7) is 9.74. The molecule has 0 unspecified atom stereocenters. The topological polar surface area (TPSA) is 36.4 Å². The highest BCUT2D eigenvalue weighted by molar-refractivity contribution is 14.1. The first kappa shape index (κ1) is 14.7. The van der Waals surface area contributed by atoms with E-state index < -0.39 is 0 Å². The van der Waals surface area contributed by atoms with Gasteiger partial charge in [-0.3, -0.25) is 9.69 Å². The number of aromatic nitrogens is 1. The van der Waals surface area contributed by atoms with Crippen LogP contribution < -0.4 is 4.90 Å². The van der Waals surface area contributed by atoms with Gasteiger partial charge in [0.1, 0.15) is 3.70 Å². The molecular formula is C14H20IN3O. The molecule has 1 aromatic heterocycles. The zero-order valence-electron chi connectivity index (χ0n) is 11.7. The zero-order valence-corrected chi connectivity index (χ0v) is 13.8. The number of hydrogen-bond donors (Lipinski definition) is 0. The van der Waals surface area contributed by atoms with Gasteiger partial charge in [-0.05, 0) is 40.1 Å². The molecule has 0 radical (unpaired) electrons. The molecular weight excluding hydrogens is 353 g/mol. The molecule has 1 aliphatic heterocycles.